The van der Waals surface area contributed by atoms with Gasteiger partial charge in [0.15, 0.2) is 5.82 Å². The second-order valence-electron chi connectivity index (χ2n) is 4.05. The summed E-state index contributed by atoms with van der Waals surface area (Å²) in [4.78, 5) is 19.6. The molecule has 102 valence electrons. The highest BCUT2D eigenvalue weighted by molar-refractivity contribution is 5.78. The van der Waals surface area contributed by atoms with Crippen LogP contribution in [0.1, 0.15) is 25.6 Å². The summed E-state index contributed by atoms with van der Waals surface area (Å²) in [5.41, 5.74) is 5.38. The van der Waals surface area contributed by atoms with Gasteiger partial charge in [0.2, 0.25) is 11.8 Å². The molecule has 18 heavy (non-hydrogen) atoms. The summed E-state index contributed by atoms with van der Waals surface area (Å²) in [5, 5.41) is 3.79. The second-order valence-corrected chi connectivity index (χ2v) is 4.05. The molecule has 0 aliphatic heterocycles. The fraction of sp³-hybridized carbons (Fsp3) is 0.727. The number of carbonyl (C=O) groups is 1. The lowest BCUT2D eigenvalue weighted by Gasteiger charge is -2.22. The summed E-state index contributed by atoms with van der Waals surface area (Å²) >= 11 is 0. The summed E-state index contributed by atoms with van der Waals surface area (Å²) in [5.74, 6) is 1.06. The maximum Gasteiger partial charge on any atom is 0.240 e. The molecule has 1 rings (SSSR count). The minimum absolute atomic E-state index is 0.102. The van der Waals surface area contributed by atoms with Gasteiger partial charge in [0, 0.05) is 13.1 Å². The van der Waals surface area contributed by atoms with Crippen molar-refractivity contribution in [1.29, 1.82) is 0 Å². The Morgan fingerprint density at radius 3 is 2.56 bits per heavy atom. The van der Waals surface area contributed by atoms with Gasteiger partial charge in [0.05, 0.1) is 19.6 Å². The van der Waals surface area contributed by atoms with E-state index in [1.54, 1.807) is 4.90 Å². The third-order valence-corrected chi connectivity index (χ3v) is 2.62. The first kappa shape index (κ1) is 14.6. The van der Waals surface area contributed by atoms with Crippen molar-refractivity contribution in [2.75, 3.05) is 26.7 Å². The molecular weight excluding hydrogens is 234 g/mol. The highest BCUT2D eigenvalue weighted by Gasteiger charge is 2.14. The van der Waals surface area contributed by atoms with E-state index in [1.165, 1.54) is 0 Å². The van der Waals surface area contributed by atoms with Crippen LogP contribution in [0, 0.1) is 0 Å². The number of hydrogen-bond acceptors (Lipinski definition) is 6. The van der Waals surface area contributed by atoms with Gasteiger partial charge in [-0.3, -0.25) is 9.69 Å². The van der Waals surface area contributed by atoms with Crippen LogP contribution in [0.5, 0.6) is 0 Å². The van der Waals surface area contributed by atoms with Gasteiger partial charge in [0.1, 0.15) is 0 Å². The van der Waals surface area contributed by atoms with Crippen LogP contribution in [0.2, 0.25) is 0 Å². The van der Waals surface area contributed by atoms with Crippen LogP contribution >= 0.6 is 0 Å². The Kier molecular flexibility index (Phi) is 5.73. The van der Waals surface area contributed by atoms with E-state index in [0.29, 0.717) is 24.8 Å². The zero-order valence-electron chi connectivity index (χ0n) is 11.2. The van der Waals surface area contributed by atoms with Gasteiger partial charge in [-0.15, -0.1) is 0 Å². The standard InChI is InChI=1S/C11H21N5O2/c1-4-16(5-2)11(17)8-15(3)7-9-13-10(6-12)18-14-9/h4-8,12H2,1-3H3. The van der Waals surface area contributed by atoms with Crippen molar-refractivity contribution in [3.8, 4) is 0 Å². The first-order valence-electron chi connectivity index (χ1n) is 6.08. The molecule has 1 amide bonds. The van der Waals surface area contributed by atoms with Gasteiger partial charge in [0.25, 0.3) is 0 Å². The fourth-order valence-corrected chi connectivity index (χ4v) is 1.64. The molecule has 0 unspecified atom stereocenters. The number of nitrogens with two attached hydrogens (primary N) is 1. The average Bonchev–Trinajstić information content (AvgIpc) is 2.78. The molecule has 0 bridgehead atoms. The molecule has 0 atom stereocenters. The smallest absolute Gasteiger partial charge is 0.240 e. The van der Waals surface area contributed by atoms with E-state index in [9.17, 15) is 4.79 Å². The van der Waals surface area contributed by atoms with Gasteiger partial charge < -0.3 is 15.2 Å². The Morgan fingerprint density at radius 1 is 1.39 bits per heavy atom. The number of likely N-dealkylation sites (N-methyl/N-ethyl adjacent to an activating group) is 2. The first-order chi connectivity index (χ1) is 8.60. The molecule has 0 saturated carbocycles. The summed E-state index contributed by atoms with van der Waals surface area (Å²) in [6.45, 7) is 6.42. The largest absolute Gasteiger partial charge is 0.342 e. The van der Waals surface area contributed by atoms with Crippen LogP contribution in [-0.2, 0) is 17.9 Å². The van der Waals surface area contributed by atoms with Gasteiger partial charge in [-0.05, 0) is 20.9 Å². The predicted molar refractivity (Wildman–Crippen MR) is 66.5 cm³/mol. The lowest BCUT2D eigenvalue weighted by Crippen LogP contribution is -2.38. The van der Waals surface area contributed by atoms with Crippen molar-refractivity contribution in [2.24, 2.45) is 5.73 Å². The number of carbonyl (C=O) groups excluding carboxylic acids is 1. The Hall–Kier alpha value is -1.47. The summed E-state index contributed by atoms with van der Waals surface area (Å²) in [7, 11) is 1.85. The fourth-order valence-electron chi connectivity index (χ4n) is 1.64. The van der Waals surface area contributed by atoms with Gasteiger partial charge in [-0.1, -0.05) is 5.16 Å². The zero-order chi connectivity index (χ0) is 13.5. The topological polar surface area (TPSA) is 88.5 Å². The summed E-state index contributed by atoms with van der Waals surface area (Å²) in [6, 6.07) is 0. The van der Waals surface area contributed by atoms with Crippen LogP contribution in [0.15, 0.2) is 4.52 Å². The monoisotopic (exact) mass is 255 g/mol. The second kappa shape index (κ2) is 7.07. The number of aromatic nitrogens is 2. The van der Waals surface area contributed by atoms with Crippen LogP contribution in [0.3, 0.4) is 0 Å². The third kappa shape index (κ3) is 4.08. The maximum atomic E-state index is 11.9. The number of hydrogen-bond donors (Lipinski definition) is 1. The number of amides is 1. The van der Waals surface area contributed by atoms with E-state index in [2.05, 4.69) is 10.1 Å². The molecule has 0 fully saturated rings. The molecule has 0 spiro atoms. The van der Waals surface area contributed by atoms with Gasteiger partial charge in [-0.25, -0.2) is 0 Å². The average molecular weight is 255 g/mol. The van der Waals surface area contributed by atoms with Gasteiger partial charge >= 0.3 is 0 Å². The van der Waals surface area contributed by atoms with Crippen molar-refractivity contribution in [1.82, 2.24) is 19.9 Å². The van der Waals surface area contributed by atoms with Crippen LogP contribution in [-0.4, -0.2) is 52.5 Å². The molecular formula is C11H21N5O2. The number of rotatable bonds is 7. The van der Waals surface area contributed by atoms with Crippen LogP contribution in [0.25, 0.3) is 0 Å². The molecule has 0 radical (unpaired) electrons. The summed E-state index contributed by atoms with van der Waals surface area (Å²) < 4.78 is 4.90. The SMILES string of the molecule is CCN(CC)C(=O)CN(C)Cc1noc(CN)n1. The van der Waals surface area contributed by atoms with Crippen molar-refractivity contribution in [3.63, 3.8) is 0 Å². The predicted octanol–water partition coefficient (Wildman–Crippen LogP) is -0.171. The molecule has 7 nitrogen and oxygen atoms in total. The van der Waals surface area contributed by atoms with Crippen molar-refractivity contribution >= 4 is 5.91 Å². The lowest BCUT2D eigenvalue weighted by molar-refractivity contribution is -0.131. The molecule has 0 aliphatic rings. The number of nitrogens with zero attached hydrogens (tertiary/aromatic N) is 4. The molecule has 1 aromatic heterocycles. The highest BCUT2D eigenvalue weighted by Crippen LogP contribution is 2.00. The highest BCUT2D eigenvalue weighted by atomic mass is 16.5. The van der Waals surface area contributed by atoms with Gasteiger partial charge in [-0.2, -0.15) is 4.98 Å². The Labute approximate surface area is 107 Å². The Balaban J connectivity index is 2.45. The van der Waals surface area contributed by atoms with E-state index in [-0.39, 0.29) is 12.5 Å². The molecule has 0 aliphatic carbocycles. The van der Waals surface area contributed by atoms with E-state index >= 15 is 0 Å². The van der Waals surface area contributed by atoms with Crippen molar-refractivity contribution in [3.05, 3.63) is 11.7 Å². The molecule has 2 N–H and O–H groups in total. The van der Waals surface area contributed by atoms with Crippen molar-refractivity contribution in [2.45, 2.75) is 26.9 Å². The minimum Gasteiger partial charge on any atom is -0.342 e. The third-order valence-electron chi connectivity index (χ3n) is 2.62. The molecule has 1 heterocycles. The normalized spacial score (nSPS) is 10.9. The molecule has 0 saturated heterocycles. The molecule has 0 aromatic carbocycles. The molecule has 1 aromatic rings. The minimum atomic E-state index is 0.102. The first-order valence-corrected chi connectivity index (χ1v) is 6.08. The van der Waals surface area contributed by atoms with Crippen LogP contribution < -0.4 is 5.73 Å². The maximum absolute atomic E-state index is 11.9. The zero-order valence-corrected chi connectivity index (χ0v) is 11.2. The lowest BCUT2D eigenvalue weighted by atomic mass is 10.4. The quantitative estimate of drug-likeness (QED) is 0.727. The Bertz CT molecular complexity index is 375. The van der Waals surface area contributed by atoms with E-state index < -0.39 is 0 Å². The van der Waals surface area contributed by atoms with E-state index in [0.717, 1.165) is 13.1 Å². The van der Waals surface area contributed by atoms with E-state index in [1.807, 2.05) is 25.8 Å². The Morgan fingerprint density at radius 2 is 2.06 bits per heavy atom. The van der Waals surface area contributed by atoms with E-state index in [4.69, 9.17) is 10.3 Å². The summed E-state index contributed by atoms with van der Waals surface area (Å²) in [6.07, 6.45) is 0. The van der Waals surface area contributed by atoms with Crippen molar-refractivity contribution < 1.29 is 9.32 Å². The molecule has 7 heteroatoms. The van der Waals surface area contributed by atoms with Crippen LogP contribution in [0.4, 0.5) is 0 Å².